The van der Waals surface area contributed by atoms with E-state index >= 15 is 0 Å². The van der Waals surface area contributed by atoms with E-state index in [1.165, 1.54) is 17.7 Å². The maximum absolute atomic E-state index is 5.95. The van der Waals surface area contributed by atoms with E-state index in [1.807, 2.05) is 7.05 Å². The molecular formula is C14H20N2O. The van der Waals surface area contributed by atoms with Crippen LogP contribution >= 0.6 is 0 Å². The minimum atomic E-state index is 0.169. The third kappa shape index (κ3) is 1.65. The van der Waals surface area contributed by atoms with Crippen LogP contribution in [-0.4, -0.2) is 26.4 Å². The van der Waals surface area contributed by atoms with Gasteiger partial charge >= 0.3 is 0 Å². The highest BCUT2D eigenvalue weighted by Crippen LogP contribution is 2.48. The van der Waals surface area contributed by atoms with Crippen LogP contribution in [0.1, 0.15) is 24.8 Å². The Morgan fingerprint density at radius 1 is 1.47 bits per heavy atom. The lowest BCUT2D eigenvalue weighted by molar-refractivity contribution is -0.0240. The number of hydrogen-bond acceptors (Lipinski definition) is 3. The SMILES string of the molecule is CNCC[C@]12CCCO[C@H]1Nc1ccccc12. The summed E-state index contributed by atoms with van der Waals surface area (Å²) in [6.45, 7) is 1.92. The number of rotatable bonds is 3. The highest BCUT2D eigenvalue weighted by atomic mass is 16.5. The quantitative estimate of drug-likeness (QED) is 0.837. The van der Waals surface area contributed by atoms with Gasteiger partial charge in [0.1, 0.15) is 6.23 Å². The number of nitrogens with one attached hydrogen (secondary N) is 2. The molecule has 1 aromatic carbocycles. The molecule has 0 unspecified atom stereocenters. The molecule has 2 aliphatic rings. The van der Waals surface area contributed by atoms with E-state index in [0.29, 0.717) is 0 Å². The Bertz CT molecular complexity index is 407. The highest BCUT2D eigenvalue weighted by Gasteiger charge is 2.48. The molecule has 92 valence electrons. The van der Waals surface area contributed by atoms with Crippen LogP contribution in [-0.2, 0) is 10.2 Å². The van der Waals surface area contributed by atoms with Crippen molar-refractivity contribution in [3.05, 3.63) is 29.8 Å². The molecule has 1 aromatic rings. The zero-order chi connectivity index (χ0) is 11.7. The van der Waals surface area contributed by atoms with Crippen LogP contribution in [0.3, 0.4) is 0 Å². The number of para-hydroxylation sites is 1. The van der Waals surface area contributed by atoms with Gasteiger partial charge in [-0.3, -0.25) is 0 Å². The zero-order valence-electron chi connectivity index (χ0n) is 10.3. The van der Waals surface area contributed by atoms with Crippen LogP contribution in [0, 0.1) is 0 Å². The van der Waals surface area contributed by atoms with E-state index in [4.69, 9.17) is 4.74 Å². The van der Waals surface area contributed by atoms with Crippen molar-refractivity contribution in [2.24, 2.45) is 0 Å². The Balaban J connectivity index is 1.99. The van der Waals surface area contributed by atoms with Crippen LogP contribution in [0.2, 0.25) is 0 Å². The van der Waals surface area contributed by atoms with Crippen molar-refractivity contribution in [2.45, 2.75) is 30.9 Å². The molecule has 0 aliphatic carbocycles. The third-order valence-electron chi connectivity index (χ3n) is 4.12. The number of hydrogen-bond donors (Lipinski definition) is 2. The van der Waals surface area contributed by atoms with Crippen molar-refractivity contribution in [1.29, 1.82) is 0 Å². The summed E-state index contributed by atoms with van der Waals surface area (Å²) in [5, 5.41) is 6.81. The Labute approximate surface area is 103 Å². The molecule has 3 rings (SSSR count). The van der Waals surface area contributed by atoms with Crippen molar-refractivity contribution < 1.29 is 4.74 Å². The topological polar surface area (TPSA) is 33.3 Å². The summed E-state index contributed by atoms with van der Waals surface area (Å²) < 4.78 is 5.95. The summed E-state index contributed by atoms with van der Waals surface area (Å²) in [5.74, 6) is 0. The van der Waals surface area contributed by atoms with Gasteiger partial charge in [-0.25, -0.2) is 0 Å². The Morgan fingerprint density at radius 3 is 3.24 bits per heavy atom. The smallest absolute Gasteiger partial charge is 0.137 e. The fraction of sp³-hybridized carbons (Fsp3) is 0.571. The van der Waals surface area contributed by atoms with Gasteiger partial charge in [0.2, 0.25) is 0 Å². The molecular weight excluding hydrogens is 212 g/mol. The molecule has 1 saturated heterocycles. The van der Waals surface area contributed by atoms with Crippen LogP contribution in [0.5, 0.6) is 0 Å². The molecule has 0 radical (unpaired) electrons. The fourth-order valence-corrected chi connectivity index (χ4v) is 3.26. The molecule has 2 aliphatic heterocycles. The largest absolute Gasteiger partial charge is 0.359 e. The number of fused-ring (bicyclic) bond motifs is 3. The van der Waals surface area contributed by atoms with Crippen molar-refractivity contribution >= 4 is 5.69 Å². The normalized spacial score (nSPS) is 30.5. The monoisotopic (exact) mass is 232 g/mol. The highest BCUT2D eigenvalue weighted by molar-refractivity contribution is 5.61. The van der Waals surface area contributed by atoms with Gasteiger partial charge in [0.25, 0.3) is 0 Å². The van der Waals surface area contributed by atoms with Crippen LogP contribution in [0.15, 0.2) is 24.3 Å². The molecule has 3 nitrogen and oxygen atoms in total. The number of ether oxygens (including phenoxy) is 1. The first-order chi connectivity index (χ1) is 8.37. The van der Waals surface area contributed by atoms with Gasteiger partial charge in [-0.15, -0.1) is 0 Å². The van der Waals surface area contributed by atoms with Gasteiger partial charge in [0, 0.05) is 17.7 Å². The summed E-state index contributed by atoms with van der Waals surface area (Å²) in [6.07, 6.45) is 3.69. The first kappa shape index (κ1) is 11.1. The van der Waals surface area contributed by atoms with Crippen LogP contribution in [0.4, 0.5) is 5.69 Å². The van der Waals surface area contributed by atoms with Gasteiger partial charge in [-0.05, 0) is 44.5 Å². The van der Waals surface area contributed by atoms with E-state index in [9.17, 15) is 0 Å². The van der Waals surface area contributed by atoms with Crippen molar-refractivity contribution in [2.75, 3.05) is 25.5 Å². The lowest BCUT2D eigenvalue weighted by Crippen LogP contribution is -2.46. The van der Waals surface area contributed by atoms with Crippen molar-refractivity contribution in [1.82, 2.24) is 5.32 Å². The van der Waals surface area contributed by atoms with Gasteiger partial charge < -0.3 is 15.4 Å². The minimum absolute atomic E-state index is 0.169. The number of anilines is 1. The third-order valence-corrected chi connectivity index (χ3v) is 4.12. The zero-order valence-corrected chi connectivity index (χ0v) is 10.3. The van der Waals surface area contributed by atoms with Crippen LogP contribution < -0.4 is 10.6 Å². The molecule has 3 heteroatoms. The molecule has 1 fully saturated rings. The minimum Gasteiger partial charge on any atom is -0.359 e. The molecule has 0 aromatic heterocycles. The molecule has 2 N–H and O–H groups in total. The molecule has 0 spiro atoms. The first-order valence-corrected chi connectivity index (χ1v) is 6.49. The first-order valence-electron chi connectivity index (χ1n) is 6.49. The molecule has 0 amide bonds. The Hall–Kier alpha value is -1.06. The summed E-state index contributed by atoms with van der Waals surface area (Å²) in [4.78, 5) is 0. The molecule has 0 saturated carbocycles. The predicted molar refractivity (Wildman–Crippen MR) is 69.3 cm³/mol. The summed E-state index contributed by atoms with van der Waals surface area (Å²) in [5.41, 5.74) is 2.88. The standard InChI is InChI=1S/C14H20N2O/c1-15-9-8-14-7-4-10-17-13(14)16-12-6-3-2-5-11(12)14/h2-3,5-6,13,15-16H,4,7-10H2,1H3/t13-,14+/m1/s1. The second kappa shape index (κ2) is 4.31. The van der Waals surface area contributed by atoms with E-state index in [1.54, 1.807) is 0 Å². The van der Waals surface area contributed by atoms with E-state index in [2.05, 4.69) is 34.9 Å². The van der Waals surface area contributed by atoms with Gasteiger partial charge in [-0.1, -0.05) is 18.2 Å². The fourth-order valence-electron chi connectivity index (χ4n) is 3.26. The molecule has 2 heterocycles. The maximum Gasteiger partial charge on any atom is 0.137 e. The van der Waals surface area contributed by atoms with Crippen molar-refractivity contribution in [3.63, 3.8) is 0 Å². The number of benzene rings is 1. The van der Waals surface area contributed by atoms with E-state index in [0.717, 1.165) is 26.0 Å². The molecule has 17 heavy (non-hydrogen) atoms. The second-order valence-electron chi connectivity index (χ2n) is 5.05. The van der Waals surface area contributed by atoms with Gasteiger partial charge in [0.05, 0.1) is 0 Å². The predicted octanol–water partition coefficient (Wildman–Crippen LogP) is 2.10. The Kier molecular flexibility index (Phi) is 2.81. The average molecular weight is 232 g/mol. The van der Waals surface area contributed by atoms with Crippen molar-refractivity contribution in [3.8, 4) is 0 Å². The lowest BCUT2D eigenvalue weighted by Gasteiger charge is -2.39. The molecule has 2 atom stereocenters. The molecule has 0 bridgehead atoms. The average Bonchev–Trinajstić information content (AvgIpc) is 2.71. The second-order valence-corrected chi connectivity index (χ2v) is 5.05. The summed E-state index contributed by atoms with van der Waals surface area (Å²) in [7, 11) is 2.02. The lowest BCUT2D eigenvalue weighted by atomic mass is 9.73. The van der Waals surface area contributed by atoms with E-state index < -0.39 is 0 Å². The van der Waals surface area contributed by atoms with Crippen LogP contribution in [0.25, 0.3) is 0 Å². The van der Waals surface area contributed by atoms with E-state index in [-0.39, 0.29) is 11.6 Å². The Morgan fingerprint density at radius 2 is 2.35 bits per heavy atom. The maximum atomic E-state index is 5.95. The van der Waals surface area contributed by atoms with Gasteiger partial charge in [-0.2, -0.15) is 0 Å². The van der Waals surface area contributed by atoms with Gasteiger partial charge in [0.15, 0.2) is 0 Å². The summed E-state index contributed by atoms with van der Waals surface area (Å²) >= 11 is 0. The summed E-state index contributed by atoms with van der Waals surface area (Å²) in [6, 6.07) is 8.65.